The summed E-state index contributed by atoms with van der Waals surface area (Å²) in [5.74, 6) is -0.320. The number of nitrogens with two attached hydrogens (primary N) is 1. The van der Waals surface area contributed by atoms with Crippen LogP contribution >= 0.6 is 0 Å². The molecule has 0 bridgehead atoms. The normalized spacial score (nSPS) is 22.4. The van der Waals surface area contributed by atoms with Gasteiger partial charge in [0.1, 0.15) is 11.6 Å². The monoisotopic (exact) mass is 294 g/mol. The van der Waals surface area contributed by atoms with E-state index in [9.17, 15) is 9.18 Å². The van der Waals surface area contributed by atoms with Gasteiger partial charge in [-0.1, -0.05) is 19.3 Å². The average molecular weight is 294 g/mol. The Labute approximate surface area is 124 Å². The van der Waals surface area contributed by atoms with Crippen molar-refractivity contribution in [3.05, 3.63) is 24.0 Å². The van der Waals surface area contributed by atoms with Gasteiger partial charge < -0.3 is 15.8 Å². The minimum absolute atomic E-state index is 0.100. The standard InChI is InChI=1S/C16H23FN2O2/c1-2-21-15-10-11(17)8-9-14(15)19-16(20)12-6-4-3-5-7-13(12)18/h8-10,12-13H,2-7,18H2,1H3,(H,19,20). The summed E-state index contributed by atoms with van der Waals surface area (Å²) in [5, 5.41) is 2.84. The Kier molecular flexibility index (Phi) is 5.56. The highest BCUT2D eigenvalue weighted by atomic mass is 19.1. The molecule has 1 aliphatic rings. The Morgan fingerprint density at radius 1 is 1.38 bits per heavy atom. The van der Waals surface area contributed by atoms with Gasteiger partial charge in [0.05, 0.1) is 18.2 Å². The quantitative estimate of drug-likeness (QED) is 0.839. The molecule has 0 radical (unpaired) electrons. The van der Waals surface area contributed by atoms with Crippen LogP contribution in [0.5, 0.6) is 5.75 Å². The molecule has 1 aliphatic carbocycles. The summed E-state index contributed by atoms with van der Waals surface area (Å²) in [6, 6.07) is 4.01. The molecular weight excluding hydrogens is 271 g/mol. The van der Waals surface area contributed by atoms with E-state index >= 15 is 0 Å². The SMILES string of the molecule is CCOc1cc(F)ccc1NC(=O)C1CCCCCC1N. The van der Waals surface area contributed by atoms with Crippen LogP contribution in [-0.4, -0.2) is 18.6 Å². The minimum Gasteiger partial charge on any atom is -0.492 e. The molecule has 1 saturated carbocycles. The maximum atomic E-state index is 13.3. The Bertz CT molecular complexity index is 493. The van der Waals surface area contributed by atoms with Crippen LogP contribution in [0.15, 0.2) is 18.2 Å². The molecule has 2 unspecified atom stereocenters. The van der Waals surface area contributed by atoms with Crippen molar-refractivity contribution in [3.8, 4) is 5.75 Å². The highest BCUT2D eigenvalue weighted by Crippen LogP contribution is 2.28. The van der Waals surface area contributed by atoms with Crippen LogP contribution < -0.4 is 15.8 Å². The third-order valence-electron chi connectivity index (χ3n) is 3.91. The zero-order valence-electron chi connectivity index (χ0n) is 12.4. The lowest BCUT2D eigenvalue weighted by Gasteiger charge is -2.21. The Hall–Kier alpha value is -1.62. The van der Waals surface area contributed by atoms with Crippen molar-refractivity contribution in [2.75, 3.05) is 11.9 Å². The van der Waals surface area contributed by atoms with E-state index in [0.29, 0.717) is 18.0 Å². The smallest absolute Gasteiger partial charge is 0.229 e. The van der Waals surface area contributed by atoms with Gasteiger partial charge in [-0.3, -0.25) is 4.79 Å². The molecule has 5 heteroatoms. The van der Waals surface area contributed by atoms with E-state index in [0.717, 1.165) is 32.1 Å². The molecule has 0 aromatic heterocycles. The number of benzene rings is 1. The van der Waals surface area contributed by atoms with E-state index in [4.69, 9.17) is 10.5 Å². The summed E-state index contributed by atoms with van der Waals surface area (Å²) in [4.78, 5) is 12.4. The summed E-state index contributed by atoms with van der Waals surface area (Å²) >= 11 is 0. The Morgan fingerprint density at radius 3 is 2.90 bits per heavy atom. The first-order valence-corrected chi connectivity index (χ1v) is 7.60. The van der Waals surface area contributed by atoms with Crippen molar-refractivity contribution < 1.29 is 13.9 Å². The molecule has 0 spiro atoms. The van der Waals surface area contributed by atoms with Gasteiger partial charge in [0.15, 0.2) is 0 Å². The highest BCUT2D eigenvalue weighted by Gasteiger charge is 2.27. The molecule has 0 aliphatic heterocycles. The van der Waals surface area contributed by atoms with Gasteiger partial charge in [-0.25, -0.2) is 4.39 Å². The van der Waals surface area contributed by atoms with Gasteiger partial charge in [0, 0.05) is 12.1 Å². The van der Waals surface area contributed by atoms with Gasteiger partial charge in [0.2, 0.25) is 5.91 Å². The van der Waals surface area contributed by atoms with Crippen molar-refractivity contribution in [2.24, 2.45) is 11.7 Å². The van der Waals surface area contributed by atoms with Crippen molar-refractivity contribution >= 4 is 11.6 Å². The average Bonchev–Trinajstić information content (AvgIpc) is 2.67. The second kappa shape index (κ2) is 7.41. The van der Waals surface area contributed by atoms with Crippen LogP contribution in [0.2, 0.25) is 0 Å². The number of rotatable bonds is 4. The maximum Gasteiger partial charge on any atom is 0.229 e. The number of carbonyl (C=O) groups is 1. The lowest BCUT2D eigenvalue weighted by molar-refractivity contribution is -0.120. The molecule has 1 fully saturated rings. The fraction of sp³-hybridized carbons (Fsp3) is 0.562. The number of amides is 1. The second-order valence-corrected chi connectivity index (χ2v) is 5.47. The summed E-state index contributed by atoms with van der Waals surface area (Å²) < 4.78 is 18.6. The van der Waals surface area contributed by atoms with Crippen molar-refractivity contribution in [1.29, 1.82) is 0 Å². The maximum absolute atomic E-state index is 13.3. The molecule has 0 saturated heterocycles. The van der Waals surface area contributed by atoms with Crippen LogP contribution in [0.3, 0.4) is 0 Å². The largest absolute Gasteiger partial charge is 0.492 e. The number of anilines is 1. The third kappa shape index (κ3) is 4.17. The van der Waals surface area contributed by atoms with Gasteiger partial charge >= 0.3 is 0 Å². The first-order chi connectivity index (χ1) is 10.1. The van der Waals surface area contributed by atoms with Gasteiger partial charge in [-0.2, -0.15) is 0 Å². The molecule has 2 atom stereocenters. The van der Waals surface area contributed by atoms with E-state index in [2.05, 4.69) is 5.32 Å². The Morgan fingerprint density at radius 2 is 2.14 bits per heavy atom. The van der Waals surface area contributed by atoms with E-state index in [1.54, 1.807) is 0 Å². The predicted molar refractivity (Wildman–Crippen MR) is 80.7 cm³/mol. The Balaban J connectivity index is 2.11. The van der Waals surface area contributed by atoms with Crippen molar-refractivity contribution in [3.63, 3.8) is 0 Å². The van der Waals surface area contributed by atoms with E-state index < -0.39 is 0 Å². The number of carbonyl (C=O) groups excluding carboxylic acids is 1. The molecule has 1 amide bonds. The topological polar surface area (TPSA) is 64.3 Å². The van der Waals surface area contributed by atoms with Crippen molar-refractivity contribution in [1.82, 2.24) is 0 Å². The fourth-order valence-corrected chi connectivity index (χ4v) is 2.76. The number of nitrogens with one attached hydrogen (secondary N) is 1. The fourth-order valence-electron chi connectivity index (χ4n) is 2.76. The second-order valence-electron chi connectivity index (χ2n) is 5.47. The van der Waals surface area contributed by atoms with Crippen molar-refractivity contribution in [2.45, 2.75) is 45.1 Å². The van der Waals surface area contributed by atoms with Gasteiger partial charge in [-0.15, -0.1) is 0 Å². The van der Waals surface area contributed by atoms with E-state index in [1.165, 1.54) is 18.2 Å². The lowest BCUT2D eigenvalue weighted by Crippen LogP contribution is -2.37. The number of hydrogen-bond donors (Lipinski definition) is 2. The van der Waals surface area contributed by atoms with Crippen LogP contribution in [-0.2, 0) is 4.79 Å². The zero-order chi connectivity index (χ0) is 15.2. The predicted octanol–water partition coefficient (Wildman–Crippen LogP) is 3.07. The summed E-state index contributed by atoms with van der Waals surface area (Å²) in [5.41, 5.74) is 6.60. The summed E-state index contributed by atoms with van der Waals surface area (Å²) in [6.07, 6.45) is 4.90. The van der Waals surface area contributed by atoms with Crippen LogP contribution in [0.25, 0.3) is 0 Å². The van der Waals surface area contributed by atoms with Crippen LogP contribution in [0.1, 0.15) is 39.0 Å². The van der Waals surface area contributed by atoms with E-state index in [1.807, 2.05) is 6.92 Å². The summed E-state index contributed by atoms with van der Waals surface area (Å²) in [7, 11) is 0. The molecule has 3 N–H and O–H groups in total. The van der Waals surface area contributed by atoms with Crippen LogP contribution in [0.4, 0.5) is 10.1 Å². The first-order valence-electron chi connectivity index (χ1n) is 7.60. The molecule has 1 aromatic rings. The number of halogens is 1. The number of hydrogen-bond acceptors (Lipinski definition) is 3. The zero-order valence-corrected chi connectivity index (χ0v) is 12.4. The molecule has 2 rings (SSSR count). The lowest BCUT2D eigenvalue weighted by atomic mass is 9.94. The molecule has 21 heavy (non-hydrogen) atoms. The van der Waals surface area contributed by atoms with E-state index in [-0.39, 0.29) is 23.7 Å². The van der Waals surface area contributed by atoms with Crippen LogP contribution in [0, 0.1) is 11.7 Å². The summed E-state index contributed by atoms with van der Waals surface area (Å²) in [6.45, 7) is 2.23. The van der Waals surface area contributed by atoms with Gasteiger partial charge in [0.25, 0.3) is 0 Å². The molecule has 4 nitrogen and oxygen atoms in total. The molecule has 1 aromatic carbocycles. The first kappa shape index (κ1) is 15.8. The number of ether oxygens (including phenoxy) is 1. The molecule has 116 valence electrons. The third-order valence-corrected chi connectivity index (χ3v) is 3.91. The molecule has 0 heterocycles. The highest BCUT2D eigenvalue weighted by molar-refractivity contribution is 5.94. The minimum atomic E-state index is -0.386. The molecular formula is C16H23FN2O2. The van der Waals surface area contributed by atoms with Gasteiger partial charge in [-0.05, 0) is 31.9 Å².